The predicted molar refractivity (Wildman–Crippen MR) is 92.0 cm³/mol. The van der Waals surface area contributed by atoms with Gasteiger partial charge in [-0.2, -0.15) is 0 Å². The Balaban J connectivity index is 1.97. The van der Waals surface area contributed by atoms with Crippen LogP contribution >= 0.6 is 0 Å². The number of nitrogens with zero attached hydrogens (tertiary/aromatic N) is 1. The lowest BCUT2D eigenvalue weighted by Crippen LogP contribution is -2.24. The topological polar surface area (TPSA) is 57.6 Å². The van der Waals surface area contributed by atoms with Gasteiger partial charge >= 0.3 is 0 Å². The van der Waals surface area contributed by atoms with Crippen LogP contribution in [0.1, 0.15) is 22.8 Å². The third-order valence-electron chi connectivity index (χ3n) is 3.75. The first-order chi connectivity index (χ1) is 10.8. The first kappa shape index (κ1) is 17.7. The number of aliphatic hydroxyl groups excluding tert-OH is 1. The Morgan fingerprint density at radius 3 is 2.13 bits per heavy atom. The van der Waals surface area contributed by atoms with Gasteiger partial charge < -0.3 is 5.11 Å². The van der Waals surface area contributed by atoms with Crippen LogP contribution in [0.3, 0.4) is 0 Å². The van der Waals surface area contributed by atoms with Crippen LogP contribution in [0.15, 0.2) is 53.4 Å². The lowest BCUT2D eigenvalue weighted by Gasteiger charge is -2.21. The molecule has 124 valence electrons. The summed E-state index contributed by atoms with van der Waals surface area (Å²) in [5.41, 5.74) is 3.13. The standard InChI is InChI=1S/C18H23NO3S/c1-14-4-6-15(7-5-14)12-19(2)13-18(20)16-8-10-17(11-9-16)23(3,21)22/h4-11,18,20H,12-13H2,1-3H3. The van der Waals surface area contributed by atoms with Gasteiger partial charge in [-0.25, -0.2) is 8.42 Å². The van der Waals surface area contributed by atoms with E-state index in [1.54, 1.807) is 12.1 Å². The fourth-order valence-electron chi connectivity index (χ4n) is 2.41. The zero-order valence-corrected chi connectivity index (χ0v) is 14.5. The van der Waals surface area contributed by atoms with Gasteiger partial charge in [-0.1, -0.05) is 42.0 Å². The maximum Gasteiger partial charge on any atom is 0.175 e. The van der Waals surface area contributed by atoms with E-state index in [9.17, 15) is 13.5 Å². The van der Waals surface area contributed by atoms with Crippen LogP contribution in [-0.4, -0.2) is 38.3 Å². The van der Waals surface area contributed by atoms with Gasteiger partial charge in [-0.05, 0) is 37.2 Å². The van der Waals surface area contributed by atoms with Gasteiger partial charge in [-0.15, -0.1) is 0 Å². The molecule has 0 aliphatic rings. The van der Waals surface area contributed by atoms with Crippen LogP contribution in [-0.2, 0) is 16.4 Å². The summed E-state index contributed by atoms with van der Waals surface area (Å²) in [6, 6.07) is 14.7. The maximum atomic E-state index is 11.4. The Kier molecular flexibility index (Phi) is 5.57. The van der Waals surface area contributed by atoms with Gasteiger partial charge in [0.1, 0.15) is 0 Å². The van der Waals surface area contributed by atoms with Crippen LogP contribution < -0.4 is 0 Å². The average Bonchev–Trinajstić information content (AvgIpc) is 2.49. The van der Waals surface area contributed by atoms with E-state index in [4.69, 9.17) is 0 Å². The van der Waals surface area contributed by atoms with Crippen molar-refractivity contribution in [3.8, 4) is 0 Å². The zero-order valence-electron chi connectivity index (χ0n) is 13.7. The molecule has 5 heteroatoms. The highest BCUT2D eigenvalue weighted by molar-refractivity contribution is 7.90. The van der Waals surface area contributed by atoms with E-state index >= 15 is 0 Å². The van der Waals surface area contributed by atoms with Crippen molar-refractivity contribution in [3.05, 3.63) is 65.2 Å². The van der Waals surface area contributed by atoms with E-state index in [0.29, 0.717) is 12.1 Å². The molecule has 0 aliphatic heterocycles. The van der Waals surface area contributed by atoms with Crippen molar-refractivity contribution in [2.24, 2.45) is 0 Å². The molecular weight excluding hydrogens is 310 g/mol. The SMILES string of the molecule is Cc1ccc(CN(C)CC(O)c2ccc(S(C)(=O)=O)cc2)cc1. The summed E-state index contributed by atoms with van der Waals surface area (Å²) in [5, 5.41) is 10.3. The van der Waals surface area contributed by atoms with E-state index < -0.39 is 15.9 Å². The van der Waals surface area contributed by atoms with Gasteiger partial charge in [0.2, 0.25) is 0 Å². The Bertz CT molecular complexity index is 737. The molecule has 0 aromatic heterocycles. The van der Waals surface area contributed by atoms with Gasteiger partial charge in [-0.3, -0.25) is 4.90 Å². The van der Waals surface area contributed by atoms with Crippen molar-refractivity contribution < 1.29 is 13.5 Å². The van der Waals surface area contributed by atoms with Crippen molar-refractivity contribution in [2.75, 3.05) is 19.8 Å². The summed E-state index contributed by atoms with van der Waals surface area (Å²) in [7, 11) is -1.25. The molecule has 23 heavy (non-hydrogen) atoms. The average molecular weight is 333 g/mol. The highest BCUT2D eigenvalue weighted by Crippen LogP contribution is 2.18. The first-order valence-corrected chi connectivity index (χ1v) is 9.37. The number of aryl methyl sites for hydroxylation is 1. The quantitative estimate of drug-likeness (QED) is 0.883. The summed E-state index contributed by atoms with van der Waals surface area (Å²) < 4.78 is 22.9. The van der Waals surface area contributed by atoms with E-state index in [1.807, 2.05) is 11.9 Å². The zero-order chi connectivity index (χ0) is 17.0. The minimum absolute atomic E-state index is 0.265. The summed E-state index contributed by atoms with van der Waals surface area (Å²) in [5.74, 6) is 0. The normalized spacial score (nSPS) is 13.3. The minimum Gasteiger partial charge on any atom is -0.387 e. The second-order valence-corrected chi connectivity index (χ2v) is 8.06. The Morgan fingerprint density at radius 2 is 1.61 bits per heavy atom. The molecule has 0 radical (unpaired) electrons. The van der Waals surface area contributed by atoms with Gasteiger partial charge in [0, 0.05) is 19.3 Å². The molecule has 4 nitrogen and oxygen atoms in total. The fourth-order valence-corrected chi connectivity index (χ4v) is 3.04. The molecule has 1 unspecified atom stereocenters. The molecule has 1 atom stereocenters. The molecule has 0 saturated heterocycles. The Hall–Kier alpha value is -1.69. The van der Waals surface area contributed by atoms with Crippen molar-refractivity contribution in [1.82, 2.24) is 4.90 Å². The Morgan fingerprint density at radius 1 is 1.04 bits per heavy atom. The van der Waals surface area contributed by atoms with Crippen LogP contribution in [0.2, 0.25) is 0 Å². The largest absolute Gasteiger partial charge is 0.387 e. The van der Waals surface area contributed by atoms with E-state index in [1.165, 1.54) is 29.5 Å². The summed E-state index contributed by atoms with van der Waals surface area (Å²) in [6.07, 6.45) is 0.521. The highest BCUT2D eigenvalue weighted by Gasteiger charge is 2.13. The lowest BCUT2D eigenvalue weighted by atomic mass is 10.1. The number of hydrogen-bond acceptors (Lipinski definition) is 4. The monoisotopic (exact) mass is 333 g/mol. The smallest absolute Gasteiger partial charge is 0.175 e. The van der Waals surface area contributed by atoms with Gasteiger partial charge in [0.15, 0.2) is 9.84 Å². The number of likely N-dealkylation sites (N-methyl/N-ethyl adjacent to an activating group) is 1. The number of hydrogen-bond donors (Lipinski definition) is 1. The number of aliphatic hydroxyl groups is 1. The predicted octanol–water partition coefficient (Wildman–Crippen LogP) is 2.56. The third kappa shape index (κ3) is 5.16. The Labute approximate surface area is 138 Å². The molecule has 0 amide bonds. The van der Waals surface area contributed by atoms with Gasteiger partial charge in [0.25, 0.3) is 0 Å². The van der Waals surface area contributed by atoms with Crippen LogP contribution in [0.5, 0.6) is 0 Å². The van der Waals surface area contributed by atoms with Crippen molar-refractivity contribution in [1.29, 1.82) is 0 Å². The third-order valence-corrected chi connectivity index (χ3v) is 4.88. The molecule has 0 spiro atoms. The molecule has 0 aliphatic carbocycles. The van der Waals surface area contributed by atoms with Gasteiger partial charge in [0.05, 0.1) is 11.0 Å². The second kappa shape index (κ2) is 7.25. The number of benzene rings is 2. The molecule has 2 aromatic carbocycles. The number of rotatable bonds is 6. The summed E-state index contributed by atoms with van der Waals surface area (Å²) >= 11 is 0. The molecule has 0 heterocycles. The summed E-state index contributed by atoms with van der Waals surface area (Å²) in [4.78, 5) is 2.31. The minimum atomic E-state index is -3.20. The van der Waals surface area contributed by atoms with Crippen LogP contribution in [0.25, 0.3) is 0 Å². The fraction of sp³-hybridized carbons (Fsp3) is 0.333. The first-order valence-electron chi connectivity index (χ1n) is 7.48. The second-order valence-electron chi connectivity index (χ2n) is 6.04. The van der Waals surface area contributed by atoms with Crippen LogP contribution in [0, 0.1) is 6.92 Å². The number of sulfone groups is 1. The molecular formula is C18H23NO3S. The van der Waals surface area contributed by atoms with E-state index in [0.717, 1.165) is 6.54 Å². The molecule has 0 fully saturated rings. The maximum absolute atomic E-state index is 11.4. The molecule has 2 rings (SSSR count). The van der Waals surface area contributed by atoms with Crippen LogP contribution in [0.4, 0.5) is 0 Å². The molecule has 0 saturated carbocycles. The molecule has 0 bridgehead atoms. The van der Waals surface area contributed by atoms with E-state index in [2.05, 4.69) is 31.2 Å². The van der Waals surface area contributed by atoms with Crippen molar-refractivity contribution in [2.45, 2.75) is 24.5 Å². The van der Waals surface area contributed by atoms with E-state index in [-0.39, 0.29) is 4.90 Å². The van der Waals surface area contributed by atoms with Crippen molar-refractivity contribution in [3.63, 3.8) is 0 Å². The molecule has 1 N–H and O–H groups in total. The summed E-state index contributed by atoms with van der Waals surface area (Å²) in [6.45, 7) is 3.28. The lowest BCUT2D eigenvalue weighted by molar-refractivity contribution is 0.124. The van der Waals surface area contributed by atoms with Crippen molar-refractivity contribution >= 4 is 9.84 Å². The highest BCUT2D eigenvalue weighted by atomic mass is 32.2. The molecule has 2 aromatic rings.